The van der Waals surface area contributed by atoms with Crippen molar-refractivity contribution in [3.8, 4) is 0 Å². The number of benzene rings is 2. The number of carboxylic acid groups (broad SMARTS) is 1. The van der Waals surface area contributed by atoms with Crippen LogP contribution < -0.4 is 10.5 Å². The molecule has 1 N–H and O–H groups in total. The number of carboxylic acids is 1. The lowest BCUT2D eigenvalue weighted by Gasteiger charge is -2.21. The third-order valence-corrected chi connectivity index (χ3v) is 5.17. The maximum atomic E-state index is 13.1. The summed E-state index contributed by atoms with van der Waals surface area (Å²) in [6.07, 6.45) is 3.73. The first-order valence-corrected chi connectivity index (χ1v) is 9.67. The van der Waals surface area contributed by atoms with Crippen LogP contribution >= 0.6 is 0 Å². The Morgan fingerprint density at radius 3 is 2.62 bits per heavy atom. The van der Waals surface area contributed by atoms with E-state index in [0.29, 0.717) is 28.7 Å². The molecule has 0 bridgehead atoms. The van der Waals surface area contributed by atoms with Gasteiger partial charge in [0.25, 0.3) is 11.5 Å². The highest BCUT2D eigenvalue weighted by molar-refractivity contribution is 6.09. The lowest BCUT2D eigenvalue weighted by molar-refractivity contribution is -0.135. The van der Waals surface area contributed by atoms with E-state index in [9.17, 15) is 19.5 Å². The highest BCUT2D eigenvalue weighted by Gasteiger charge is 2.22. The minimum absolute atomic E-state index is 0.0867. The van der Waals surface area contributed by atoms with Crippen molar-refractivity contribution in [1.82, 2.24) is 9.55 Å². The number of carbonyl (C=O) groups excluding carboxylic acids is 1. The van der Waals surface area contributed by atoms with E-state index in [-0.39, 0.29) is 5.56 Å². The molecule has 0 fully saturated rings. The van der Waals surface area contributed by atoms with E-state index in [1.165, 1.54) is 4.90 Å². The van der Waals surface area contributed by atoms with Gasteiger partial charge in [-0.1, -0.05) is 24.6 Å². The largest absolute Gasteiger partial charge is 0.480 e. The molecule has 3 aromatic rings. The van der Waals surface area contributed by atoms with Crippen molar-refractivity contribution in [1.29, 1.82) is 0 Å². The van der Waals surface area contributed by atoms with Gasteiger partial charge < -0.3 is 5.11 Å². The van der Waals surface area contributed by atoms with Gasteiger partial charge in [0.15, 0.2) is 0 Å². The number of nitrogens with zero attached hydrogens (tertiary/aromatic N) is 3. The second kappa shape index (κ2) is 7.87. The van der Waals surface area contributed by atoms with Crippen LogP contribution in [0.2, 0.25) is 0 Å². The molecule has 2 aromatic carbocycles. The predicted molar refractivity (Wildman–Crippen MR) is 109 cm³/mol. The fraction of sp³-hybridized carbons (Fsp3) is 0.273. The summed E-state index contributed by atoms with van der Waals surface area (Å²) in [6.45, 7) is 0.208. The zero-order valence-corrected chi connectivity index (χ0v) is 15.9. The van der Waals surface area contributed by atoms with Gasteiger partial charge in [-0.25, -0.2) is 4.98 Å². The Balaban J connectivity index is 1.77. The van der Waals surface area contributed by atoms with E-state index in [4.69, 9.17) is 0 Å². The summed E-state index contributed by atoms with van der Waals surface area (Å²) in [7, 11) is 0. The molecule has 0 saturated heterocycles. The van der Waals surface area contributed by atoms with Gasteiger partial charge in [0.05, 0.1) is 10.9 Å². The van der Waals surface area contributed by atoms with E-state index < -0.39 is 18.4 Å². The monoisotopic (exact) mass is 391 g/mol. The number of aromatic nitrogens is 2. The van der Waals surface area contributed by atoms with Crippen LogP contribution in [0.1, 0.15) is 35.4 Å². The predicted octanol–water partition coefficient (Wildman–Crippen LogP) is 2.85. The van der Waals surface area contributed by atoms with Gasteiger partial charge in [0.2, 0.25) is 0 Å². The molecule has 7 heteroatoms. The summed E-state index contributed by atoms with van der Waals surface area (Å²) in [5.41, 5.74) is 1.18. The molecule has 148 valence electrons. The number of para-hydroxylation sites is 1. The van der Waals surface area contributed by atoms with Crippen LogP contribution in [0.25, 0.3) is 10.9 Å². The van der Waals surface area contributed by atoms with Gasteiger partial charge in [-0.2, -0.15) is 0 Å². The van der Waals surface area contributed by atoms with E-state index in [1.807, 2.05) is 0 Å². The molecule has 1 aromatic heterocycles. The van der Waals surface area contributed by atoms with Crippen LogP contribution in [-0.2, 0) is 17.8 Å². The first-order chi connectivity index (χ1) is 14.0. The molecule has 1 amide bonds. The number of hydrogen-bond donors (Lipinski definition) is 1. The van der Waals surface area contributed by atoms with Crippen molar-refractivity contribution in [2.45, 2.75) is 32.2 Å². The van der Waals surface area contributed by atoms with Gasteiger partial charge in [-0.05, 0) is 43.2 Å². The van der Waals surface area contributed by atoms with Crippen LogP contribution in [0.5, 0.6) is 0 Å². The van der Waals surface area contributed by atoms with E-state index in [1.54, 1.807) is 53.1 Å². The highest BCUT2D eigenvalue weighted by Crippen LogP contribution is 2.20. The summed E-state index contributed by atoms with van der Waals surface area (Å²) in [5.74, 6) is -0.808. The summed E-state index contributed by atoms with van der Waals surface area (Å²) in [6, 6.07) is 13.4. The van der Waals surface area contributed by atoms with E-state index >= 15 is 0 Å². The topological polar surface area (TPSA) is 92.5 Å². The molecule has 0 aliphatic carbocycles. The van der Waals surface area contributed by atoms with Crippen molar-refractivity contribution >= 4 is 28.5 Å². The number of anilines is 1. The Bertz CT molecular complexity index is 1140. The van der Waals surface area contributed by atoms with Gasteiger partial charge >= 0.3 is 5.97 Å². The molecule has 0 saturated carbocycles. The molecule has 0 atom stereocenters. The summed E-state index contributed by atoms with van der Waals surface area (Å²) < 4.78 is 1.73. The fourth-order valence-corrected chi connectivity index (χ4v) is 3.73. The standard InChI is InChI=1S/C22H21N3O4/c26-20(27)14-25(16-7-3-1-4-8-16)21(28)15-10-11-17-18(13-15)23-19-9-5-2-6-12-24(19)22(17)29/h1,3-4,7-8,10-11,13H,2,5-6,9,12,14H2,(H,26,27). The second-order valence-corrected chi connectivity index (χ2v) is 7.15. The molecule has 1 aliphatic heterocycles. The SMILES string of the molecule is O=C(O)CN(C(=O)c1ccc2c(=O)n3c(nc2c1)CCCCC3)c1ccccc1. The normalized spacial score (nSPS) is 13.5. The van der Waals surface area contributed by atoms with E-state index in [2.05, 4.69) is 4.98 Å². The van der Waals surface area contributed by atoms with Crippen molar-refractivity contribution < 1.29 is 14.7 Å². The Hall–Kier alpha value is -3.48. The van der Waals surface area contributed by atoms with Gasteiger partial charge in [0, 0.05) is 24.2 Å². The molecule has 2 heterocycles. The quantitative estimate of drug-likeness (QED) is 0.738. The van der Waals surface area contributed by atoms with Gasteiger partial charge in [-0.15, -0.1) is 0 Å². The maximum Gasteiger partial charge on any atom is 0.323 e. The Morgan fingerprint density at radius 2 is 1.86 bits per heavy atom. The number of aryl methyl sites for hydroxylation is 1. The molecular formula is C22H21N3O4. The fourth-order valence-electron chi connectivity index (χ4n) is 3.73. The Morgan fingerprint density at radius 1 is 1.07 bits per heavy atom. The average Bonchev–Trinajstić information content (AvgIpc) is 2.97. The van der Waals surface area contributed by atoms with Gasteiger partial charge in [0.1, 0.15) is 12.4 Å². The Labute approximate surface area is 167 Å². The molecular weight excluding hydrogens is 370 g/mol. The van der Waals surface area contributed by atoms with Crippen molar-refractivity contribution in [2.24, 2.45) is 0 Å². The third-order valence-electron chi connectivity index (χ3n) is 5.17. The molecule has 0 radical (unpaired) electrons. The molecule has 4 rings (SSSR count). The molecule has 29 heavy (non-hydrogen) atoms. The van der Waals surface area contributed by atoms with Crippen LogP contribution in [0.4, 0.5) is 5.69 Å². The van der Waals surface area contributed by atoms with Gasteiger partial charge in [-0.3, -0.25) is 23.9 Å². The lowest BCUT2D eigenvalue weighted by Crippen LogP contribution is -2.35. The minimum Gasteiger partial charge on any atom is -0.480 e. The van der Waals surface area contributed by atoms with Crippen molar-refractivity contribution in [2.75, 3.05) is 11.4 Å². The summed E-state index contributed by atoms with van der Waals surface area (Å²) >= 11 is 0. The Kier molecular flexibility index (Phi) is 5.12. The smallest absolute Gasteiger partial charge is 0.323 e. The zero-order valence-electron chi connectivity index (χ0n) is 15.9. The molecule has 7 nitrogen and oxygen atoms in total. The zero-order chi connectivity index (χ0) is 20.4. The van der Waals surface area contributed by atoms with Crippen molar-refractivity contribution in [3.05, 3.63) is 70.3 Å². The average molecular weight is 391 g/mol. The van der Waals surface area contributed by atoms with Crippen LogP contribution in [0.3, 0.4) is 0 Å². The number of aliphatic carboxylic acids is 1. The third kappa shape index (κ3) is 3.76. The number of fused-ring (bicyclic) bond motifs is 2. The number of amides is 1. The second-order valence-electron chi connectivity index (χ2n) is 7.15. The summed E-state index contributed by atoms with van der Waals surface area (Å²) in [4.78, 5) is 43.1. The van der Waals surface area contributed by atoms with Crippen LogP contribution in [0, 0.1) is 0 Å². The molecule has 0 unspecified atom stereocenters. The highest BCUT2D eigenvalue weighted by atomic mass is 16.4. The molecule has 1 aliphatic rings. The van der Waals surface area contributed by atoms with Crippen LogP contribution in [-0.4, -0.2) is 33.1 Å². The number of carbonyl (C=O) groups is 2. The summed E-state index contributed by atoms with van der Waals surface area (Å²) in [5, 5.41) is 9.73. The first-order valence-electron chi connectivity index (χ1n) is 9.67. The first kappa shape index (κ1) is 18.9. The van der Waals surface area contributed by atoms with Crippen LogP contribution in [0.15, 0.2) is 53.3 Å². The number of rotatable bonds is 4. The lowest BCUT2D eigenvalue weighted by atomic mass is 10.1. The number of hydrogen-bond acceptors (Lipinski definition) is 4. The maximum absolute atomic E-state index is 13.1. The molecule has 0 spiro atoms. The minimum atomic E-state index is -1.11. The van der Waals surface area contributed by atoms with Crippen molar-refractivity contribution in [3.63, 3.8) is 0 Å². The van der Waals surface area contributed by atoms with E-state index in [0.717, 1.165) is 31.5 Å².